The van der Waals surface area contributed by atoms with Gasteiger partial charge in [-0.05, 0) is 44.5 Å². The van der Waals surface area contributed by atoms with Gasteiger partial charge < -0.3 is 16.0 Å². The van der Waals surface area contributed by atoms with Crippen molar-refractivity contribution >= 4 is 11.4 Å². The van der Waals surface area contributed by atoms with Crippen LogP contribution in [0.3, 0.4) is 0 Å². The molecule has 1 aliphatic heterocycles. The molecular formula is C13H21N3. The predicted octanol–water partition coefficient (Wildman–Crippen LogP) is 2.02. The zero-order valence-corrected chi connectivity index (χ0v) is 9.95. The molecule has 0 aliphatic carbocycles. The molecular weight excluding hydrogens is 198 g/mol. The molecule has 1 saturated heterocycles. The van der Waals surface area contributed by atoms with Crippen LogP contribution in [0.4, 0.5) is 11.4 Å². The van der Waals surface area contributed by atoms with Crippen LogP contribution in [0.5, 0.6) is 0 Å². The molecule has 0 bridgehead atoms. The van der Waals surface area contributed by atoms with Gasteiger partial charge in [-0.3, -0.25) is 0 Å². The summed E-state index contributed by atoms with van der Waals surface area (Å²) in [5.74, 6) is 0.849. The van der Waals surface area contributed by atoms with Crippen LogP contribution in [0.1, 0.15) is 12.8 Å². The predicted molar refractivity (Wildman–Crippen MR) is 69.6 cm³/mol. The second kappa shape index (κ2) is 5.21. The molecule has 3 nitrogen and oxygen atoms in total. The Balaban J connectivity index is 1.74. The maximum atomic E-state index is 5.87. The van der Waals surface area contributed by atoms with E-state index in [2.05, 4.69) is 17.3 Å². The normalized spacial score (nSPS) is 21.2. The Labute approximate surface area is 97.6 Å². The molecule has 1 aromatic rings. The van der Waals surface area contributed by atoms with Crippen molar-refractivity contribution < 1.29 is 0 Å². The highest BCUT2D eigenvalue weighted by Gasteiger charge is 2.18. The van der Waals surface area contributed by atoms with E-state index >= 15 is 0 Å². The van der Waals surface area contributed by atoms with Crippen molar-refractivity contribution in [1.29, 1.82) is 0 Å². The average molecular weight is 219 g/mol. The highest BCUT2D eigenvalue weighted by Crippen LogP contribution is 2.20. The summed E-state index contributed by atoms with van der Waals surface area (Å²) in [6.07, 6.45) is 2.57. The molecule has 0 amide bonds. The third-order valence-corrected chi connectivity index (χ3v) is 3.32. The molecule has 1 fully saturated rings. The number of nitrogens with zero attached hydrogens (tertiary/aromatic N) is 1. The van der Waals surface area contributed by atoms with E-state index in [1.54, 1.807) is 0 Å². The highest BCUT2D eigenvalue weighted by atomic mass is 15.1. The largest absolute Gasteiger partial charge is 0.397 e. The Morgan fingerprint density at radius 2 is 2.25 bits per heavy atom. The molecule has 0 radical (unpaired) electrons. The summed E-state index contributed by atoms with van der Waals surface area (Å²) in [7, 11) is 2.20. The Morgan fingerprint density at radius 1 is 1.44 bits per heavy atom. The second-order valence-corrected chi connectivity index (χ2v) is 4.72. The van der Waals surface area contributed by atoms with Gasteiger partial charge in [0.2, 0.25) is 0 Å². The van der Waals surface area contributed by atoms with Gasteiger partial charge in [0.05, 0.1) is 11.4 Å². The molecule has 16 heavy (non-hydrogen) atoms. The zero-order chi connectivity index (χ0) is 11.4. The van der Waals surface area contributed by atoms with Crippen LogP contribution in [-0.4, -0.2) is 31.6 Å². The van der Waals surface area contributed by atoms with E-state index in [1.165, 1.54) is 25.9 Å². The molecule has 1 heterocycles. The van der Waals surface area contributed by atoms with Crippen molar-refractivity contribution in [2.75, 3.05) is 37.7 Å². The second-order valence-electron chi connectivity index (χ2n) is 4.72. The SMILES string of the molecule is CN1CCC(CCNc2ccccc2N)C1. The van der Waals surface area contributed by atoms with Gasteiger partial charge in [0.15, 0.2) is 0 Å². The lowest BCUT2D eigenvalue weighted by Gasteiger charge is -2.12. The molecule has 3 N–H and O–H groups in total. The van der Waals surface area contributed by atoms with Crippen molar-refractivity contribution in [3.63, 3.8) is 0 Å². The standard InChI is InChI=1S/C13H21N3/c1-16-9-7-11(10-16)6-8-15-13-5-3-2-4-12(13)14/h2-5,11,15H,6-10,14H2,1H3. The van der Waals surface area contributed by atoms with Crippen molar-refractivity contribution in [1.82, 2.24) is 4.90 Å². The van der Waals surface area contributed by atoms with Gasteiger partial charge in [-0.2, -0.15) is 0 Å². The lowest BCUT2D eigenvalue weighted by Crippen LogP contribution is -2.16. The molecule has 3 heteroatoms. The molecule has 1 aliphatic rings. The molecule has 1 unspecified atom stereocenters. The topological polar surface area (TPSA) is 41.3 Å². The molecule has 1 atom stereocenters. The number of rotatable bonds is 4. The Kier molecular flexibility index (Phi) is 3.67. The maximum Gasteiger partial charge on any atom is 0.0573 e. The molecule has 0 saturated carbocycles. The Bertz CT molecular complexity index is 338. The number of nitrogens with one attached hydrogen (secondary N) is 1. The maximum absolute atomic E-state index is 5.87. The summed E-state index contributed by atoms with van der Waals surface area (Å²) in [6, 6.07) is 7.95. The van der Waals surface area contributed by atoms with Crippen molar-refractivity contribution in [2.24, 2.45) is 5.92 Å². The van der Waals surface area contributed by atoms with Crippen LogP contribution >= 0.6 is 0 Å². The summed E-state index contributed by atoms with van der Waals surface area (Å²) >= 11 is 0. The fourth-order valence-corrected chi connectivity index (χ4v) is 2.33. The van der Waals surface area contributed by atoms with Crippen molar-refractivity contribution in [3.05, 3.63) is 24.3 Å². The molecule has 2 rings (SSSR count). The first kappa shape index (κ1) is 11.3. The van der Waals surface area contributed by atoms with Gasteiger partial charge in [-0.25, -0.2) is 0 Å². The third kappa shape index (κ3) is 2.89. The average Bonchev–Trinajstić information content (AvgIpc) is 2.67. The number of nitrogen functional groups attached to an aromatic ring is 1. The fraction of sp³-hybridized carbons (Fsp3) is 0.538. The van der Waals surface area contributed by atoms with Crippen LogP contribution in [0.25, 0.3) is 0 Å². The van der Waals surface area contributed by atoms with E-state index < -0.39 is 0 Å². The number of para-hydroxylation sites is 2. The van der Waals surface area contributed by atoms with E-state index in [9.17, 15) is 0 Å². The molecule has 88 valence electrons. The first-order valence-corrected chi connectivity index (χ1v) is 6.02. The first-order chi connectivity index (χ1) is 7.75. The van der Waals surface area contributed by atoms with Gasteiger partial charge in [0.1, 0.15) is 0 Å². The minimum atomic E-state index is 0.839. The van der Waals surface area contributed by atoms with Crippen molar-refractivity contribution in [3.8, 4) is 0 Å². The monoisotopic (exact) mass is 219 g/mol. The quantitative estimate of drug-likeness (QED) is 0.761. The summed E-state index contributed by atoms with van der Waals surface area (Å²) in [6.45, 7) is 3.51. The summed E-state index contributed by atoms with van der Waals surface area (Å²) in [5, 5.41) is 3.41. The van der Waals surface area contributed by atoms with E-state index in [0.717, 1.165) is 23.8 Å². The van der Waals surface area contributed by atoms with Gasteiger partial charge in [0.25, 0.3) is 0 Å². The van der Waals surface area contributed by atoms with Crippen LogP contribution < -0.4 is 11.1 Å². The van der Waals surface area contributed by atoms with E-state index in [4.69, 9.17) is 5.73 Å². The first-order valence-electron chi connectivity index (χ1n) is 6.02. The van der Waals surface area contributed by atoms with Gasteiger partial charge in [-0.15, -0.1) is 0 Å². The van der Waals surface area contributed by atoms with Gasteiger partial charge in [-0.1, -0.05) is 12.1 Å². The third-order valence-electron chi connectivity index (χ3n) is 3.32. The highest BCUT2D eigenvalue weighted by molar-refractivity contribution is 5.65. The van der Waals surface area contributed by atoms with Crippen LogP contribution in [0.15, 0.2) is 24.3 Å². The number of anilines is 2. The minimum absolute atomic E-state index is 0.839. The number of hydrogen-bond donors (Lipinski definition) is 2. The van der Waals surface area contributed by atoms with Crippen LogP contribution in [0.2, 0.25) is 0 Å². The number of benzene rings is 1. The van der Waals surface area contributed by atoms with E-state index in [0.29, 0.717) is 0 Å². The Hall–Kier alpha value is -1.22. The molecule has 0 spiro atoms. The van der Waals surface area contributed by atoms with Crippen LogP contribution in [0, 0.1) is 5.92 Å². The van der Waals surface area contributed by atoms with E-state index in [1.807, 2.05) is 24.3 Å². The summed E-state index contributed by atoms with van der Waals surface area (Å²) in [4.78, 5) is 2.40. The lowest BCUT2D eigenvalue weighted by molar-refractivity contribution is 0.390. The number of likely N-dealkylation sites (tertiary alicyclic amines) is 1. The van der Waals surface area contributed by atoms with Crippen LogP contribution in [-0.2, 0) is 0 Å². The lowest BCUT2D eigenvalue weighted by atomic mass is 10.1. The summed E-state index contributed by atoms with van der Waals surface area (Å²) in [5.41, 5.74) is 7.77. The van der Waals surface area contributed by atoms with Gasteiger partial charge in [0, 0.05) is 13.1 Å². The number of nitrogens with two attached hydrogens (primary N) is 1. The fourth-order valence-electron chi connectivity index (χ4n) is 2.33. The van der Waals surface area contributed by atoms with E-state index in [-0.39, 0.29) is 0 Å². The molecule has 1 aromatic carbocycles. The Morgan fingerprint density at radius 3 is 2.94 bits per heavy atom. The molecule has 0 aromatic heterocycles. The van der Waals surface area contributed by atoms with Gasteiger partial charge >= 0.3 is 0 Å². The minimum Gasteiger partial charge on any atom is -0.397 e. The summed E-state index contributed by atoms with van der Waals surface area (Å²) < 4.78 is 0. The van der Waals surface area contributed by atoms with Crippen molar-refractivity contribution in [2.45, 2.75) is 12.8 Å². The number of hydrogen-bond acceptors (Lipinski definition) is 3. The smallest absolute Gasteiger partial charge is 0.0573 e. The zero-order valence-electron chi connectivity index (χ0n) is 9.95.